The van der Waals surface area contributed by atoms with Gasteiger partial charge in [0.2, 0.25) is 0 Å². The number of unbranched alkanes of at least 4 members (excludes halogenated alkanes) is 8. The standard InChI is InChI=1S/C28H38F3NO4/c1-5-6-7-8-9-10-11-12-15-18-36-27(34)24-20(3)32-19(2)23(26(33)35-4)25(24)21-16-13-14-17-22(21)28(29,30)31/h13-14,16-17,25,32H,5-12,15,18H2,1-4H3. The maximum Gasteiger partial charge on any atom is 0.416 e. The van der Waals surface area contributed by atoms with Gasteiger partial charge >= 0.3 is 18.1 Å². The van der Waals surface area contributed by atoms with Crippen LogP contribution in [0.2, 0.25) is 0 Å². The number of hydrogen-bond acceptors (Lipinski definition) is 5. The molecule has 0 saturated carbocycles. The number of carbonyl (C=O) groups is 2. The smallest absolute Gasteiger partial charge is 0.416 e. The summed E-state index contributed by atoms with van der Waals surface area (Å²) in [6.45, 7) is 5.52. The number of benzene rings is 1. The molecule has 8 heteroatoms. The summed E-state index contributed by atoms with van der Waals surface area (Å²) in [6.07, 6.45) is 5.26. The van der Waals surface area contributed by atoms with Crippen LogP contribution in [0.3, 0.4) is 0 Å². The Morgan fingerprint density at radius 3 is 1.94 bits per heavy atom. The first-order chi connectivity index (χ1) is 17.1. The number of rotatable bonds is 13. The van der Waals surface area contributed by atoms with Crippen molar-refractivity contribution >= 4 is 11.9 Å². The van der Waals surface area contributed by atoms with Crippen molar-refractivity contribution in [3.05, 3.63) is 57.9 Å². The Labute approximate surface area is 212 Å². The van der Waals surface area contributed by atoms with E-state index in [0.717, 1.165) is 32.4 Å². The number of carbonyl (C=O) groups excluding carboxylic acids is 2. The third-order valence-electron chi connectivity index (χ3n) is 6.44. The van der Waals surface area contributed by atoms with E-state index < -0.39 is 29.6 Å². The van der Waals surface area contributed by atoms with Gasteiger partial charge in [-0.2, -0.15) is 13.2 Å². The number of hydrogen-bond donors (Lipinski definition) is 1. The quantitative estimate of drug-likeness (QED) is 0.225. The lowest BCUT2D eigenvalue weighted by Gasteiger charge is -2.31. The van der Waals surface area contributed by atoms with Crippen molar-refractivity contribution in [1.82, 2.24) is 5.32 Å². The van der Waals surface area contributed by atoms with Crippen molar-refractivity contribution in [3.63, 3.8) is 0 Å². The minimum atomic E-state index is -4.67. The molecular weight excluding hydrogens is 471 g/mol. The van der Waals surface area contributed by atoms with Gasteiger partial charge in [-0.1, -0.05) is 76.5 Å². The maximum absolute atomic E-state index is 13.9. The highest BCUT2D eigenvalue weighted by atomic mass is 19.4. The van der Waals surface area contributed by atoms with E-state index >= 15 is 0 Å². The van der Waals surface area contributed by atoms with E-state index in [2.05, 4.69) is 12.2 Å². The summed E-state index contributed by atoms with van der Waals surface area (Å²) in [5.41, 5.74) is -0.497. The molecule has 1 unspecified atom stereocenters. The average Bonchev–Trinajstić information content (AvgIpc) is 2.83. The molecule has 1 aromatic carbocycles. The van der Waals surface area contributed by atoms with Gasteiger partial charge in [-0.25, -0.2) is 9.59 Å². The van der Waals surface area contributed by atoms with Crippen LogP contribution in [0, 0.1) is 0 Å². The van der Waals surface area contributed by atoms with Gasteiger partial charge in [0.05, 0.1) is 36.3 Å². The highest BCUT2D eigenvalue weighted by Crippen LogP contribution is 2.44. The highest BCUT2D eigenvalue weighted by molar-refractivity contribution is 6.00. The lowest BCUT2D eigenvalue weighted by molar-refractivity contribution is -0.141. The van der Waals surface area contributed by atoms with Crippen LogP contribution in [0.25, 0.3) is 0 Å². The third-order valence-corrected chi connectivity index (χ3v) is 6.44. The number of ether oxygens (including phenoxy) is 2. The lowest BCUT2D eigenvalue weighted by Crippen LogP contribution is -2.33. The zero-order valence-electron chi connectivity index (χ0n) is 21.7. The summed E-state index contributed by atoms with van der Waals surface area (Å²) >= 11 is 0. The molecule has 0 aliphatic carbocycles. The molecule has 1 N–H and O–H groups in total. The van der Waals surface area contributed by atoms with E-state index in [-0.39, 0.29) is 23.3 Å². The molecular formula is C28H38F3NO4. The molecule has 1 aliphatic rings. The molecule has 200 valence electrons. The molecule has 1 atom stereocenters. The van der Waals surface area contributed by atoms with Gasteiger partial charge in [0.1, 0.15) is 0 Å². The van der Waals surface area contributed by atoms with Crippen LogP contribution in [0.5, 0.6) is 0 Å². The normalized spacial score (nSPS) is 16.1. The van der Waals surface area contributed by atoms with Crippen LogP contribution in [-0.4, -0.2) is 25.7 Å². The first kappa shape index (κ1) is 29.5. The number of nitrogens with one attached hydrogen (secondary N) is 1. The van der Waals surface area contributed by atoms with E-state index in [0.29, 0.717) is 17.8 Å². The van der Waals surface area contributed by atoms with Crippen LogP contribution in [0.4, 0.5) is 13.2 Å². The number of alkyl halides is 3. The molecule has 5 nitrogen and oxygen atoms in total. The molecule has 0 bridgehead atoms. The molecule has 0 radical (unpaired) electrons. The average molecular weight is 510 g/mol. The third kappa shape index (κ3) is 7.87. The van der Waals surface area contributed by atoms with Crippen LogP contribution in [-0.2, 0) is 25.2 Å². The Balaban J connectivity index is 2.18. The number of esters is 2. The second kappa shape index (κ2) is 14.1. The zero-order chi connectivity index (χ0) is 26.7. The number of methoxy groups -OCH3 is 1. The van der Waals surface area contributed by atoms with Crippen LogP contribution < -0.4 is 5.32 Å². The first-order valence-corrected chi connectivity index (χ1v) is 12.7. The highest BCUT2D eigenvalue weighted by Gasteiger charge is 2.43. The largest absolute Gasteiger partial charge is 0.466 e. The predicted octanol–water partition coefficient (Wildman–Crippen LogP) is 7.19. The summed E-state index contributed by atoms with van der Waals surface area (Å²) in [4.78, 5) is 25.8. The van der Waals surface area contributed by atoms with Gasteiger partial charge in [-0.15, -0.1) is 0 Å². The summed E-state index contributed by atoms with van der Waals surface area (Å²) in [5.74, 6) is -2.82. The van der Waals surface area contributed by atoms with Crippen molar-refractivity contribution in [2.75, 3.05) is 13.7 Å². The molecule has 1 aliphatic heterocycles. The topological polar surface area (TPSA) is 64.6 Å². The number of dihydropyridines is 1. The monoisotopic (exact) mass is 509 g/mol. The van der Waals surface area contributed by atoms with Crippen molar-refractivity contribution in [2.45, 2.75) is 90.7 Å². The Kier molecular flexibility index (Phi) is 11.5. The van der Waals surface area contributed by atoms with E-state index in [4.69, 9.17) is 9.47 Å². The zero-order valence-corrected chi connectivity index (χ0v) is 21.7. The summed E-state index contributed by atoms with van der Waals surface area (Å²) in [7, 11) is 1.16. The minimum Gasteiger partial charge on any atom is -0.466 e. The SMILES string of the molecule is CCCCCCCCCCCOC(=O)C1=C(C)NC(C)=C(C(=O)OC)C1c1ccccc1C(F)(F)F. The second-order valence-corrected chi connectivity index (χ2v) is 9.18. The van der Waals surface area contributed by atoms with Gasteiger partial charge in [0.25, 0.3) is 0 Å². The van der Waals surface area contributed by atoms with Gasteiger partial charge in [0, 0.05) is 11.4 Å². The molecule has 1 heterocycles. The fourth-order valence-electron chi connectivity index (χ4n) is 4.62. The number of allylic oxidation sites excluding steroid dienone is 2. The Bertz CT molecular complexity index is 966. The van der Waals surface area contributed by atoms with Crippen molar-refractivity contribution in [3.8, 4) is 0 Å². The Morgan fingerprint density at radius 2 is 1.39 bits per heavy atom. The van der Waals surface area contributed by atoms with Crippen LogP contribution in [0.1, 0.15) is 95.6 Å². The predicted molar refractivity (Wildman–Crippen MR) is 133 cm³/mol. The Morgan fingerprint density at radius 1 is 0.861 bits per heavy atom. The number of halogens is 3. The molecule has 0 saturated heterocycles. The lowest BCUT2D eigenvalue weighted by atomic mass is 9.78. The molecule has 2 rings (SSSR count). The molecule has 0 amide bonds. The van der Waals surface area contributed by atoms with Gasteiger partial charge in [-0.05, 0) is 31.9 Å². The molecule has 0 aromatic heterocycles. The van der Waals surface area contributed by atoms with Gasteiger partial charge in [0.15, 0.2) is 0 Å². The molecule has 36 heavy (non-hydrogen) atoms. The van der Waals surface area contributed by atoms with E-state index in [1.54, 1.807) is 13.8 Å². The molecule has 0 spiro atoms. The van der Waals surface area contributed by atoms with Crippen molar-refractivity contribution < 1.29 is 32.2 Å². The fraction of sp³-hybridized carbons (Fsp3) is 0.571. The van der Waals surface area contributed by atoms with Gasteiger partial charge < -0.3 is 14.8 Å². The van der Waals surface area contributed by atoms with E-state index in [1.165, 1.54) is 50.3 Å². The summed E-state index contributed by atoms with van der Waals surface area (Å²) in [5, 5.41) is 2.95. The van der Waals surface area contributed by atoms with E-state index in [9.17, 15) is 22.8 Å². The van der Waals surface area contributed by atoms with Crippen molar-refractivity contribution in [2.24, 2.45) is 0 Å². The first-order valence-electron chi connectivity index (χ1n) is 12.7. The molecule has 1 aromatic rings. The molecule has 0 fully saturated rings. The summed E-state index contributed by atoms with van der Waals surface area (Å²) in [6, 6.07) is 4.97. The summed E-state index contributed by atoms with van der Waals surface area (Å²) < 4.78 is 52.0. The van der Waals surface area contributed by atoms with E-state index in [1.807, 2.05) is 0 Å². The fourth-order valence-corrected chi connectivity index (χ4v) is 4.62. The Hall–Kier alpha value is -2.77. The van der Waals surface area contributed by atoms with Crippen molar-refractivity contribution in [1.29, 1.82) is 0 Å². The van der Waals surface area contributed by atoms with Crippen LogP contribution in [0.15, 0.2) is 46.8 Å². The van der Waals surface area contributed by atoms with Crippen LogP contribution >= 0.6 is 0 Å². The minimum absolute atomic E-state index is 0.0198. The second-order valence-electron chi connectivity index (χ2n) is 9.18. The van der Waals surface area contributed by atoms with Gasteiger partial charge in [-0.3, -0.25) is 0 Å². The maximum atomic E-state index is 13.9.